The zero-order valence-corrected chi connectivity index (χ0v) is 10.7. The van der Waals surface area contributed by atoms with Crippen molar-refractivity contribution in [1.82, 2.24) is 5.16 Å². The normalized spacial score (nSPS) is 10.5. The SMILES string of the molecule is CCc1cc(Br)ccc1-c1cc(C(=O)O)no1. The van der Waals surface area contributed by atoms with E-state index in [4.69, 9.17) is 9.63 Å². The number of aryl methyl sites for hydroxylation is 1. The zero-order valence-electron chi connectivity index (χ0n) is 9.11. The number of rotatable bonds is 3. The third kappa shape index (κ3) is 2.39. The Morgan fingerprint density at radius 2 is 2.24 bits per heavy atom. The van der Waals surface area contributed by atoms with Gasteiger partial charge in [0.2, 0.25) is 0 Å². The molecule has 1 aromatic heterocycles. The van der Waals surface area contributed by atoms with Gasteiger partial charge < -0.3 is 9.63 Å². The molecule has 5 heteroatoms. The molecule has 0 aliphatic rings. The second kappa shape index (κ2) is 4.71. The number of carboxylic acids is 1. The van der Waals surface area contributed by atoms with Crippen molar-refractivity contribution in [2.24, 2.45) is 0 Å². The minimum Gasteiger partial charge on any atom is -0.476 e. The van der Waals surface area contributed by atoms with Gasteiger partial charge in [0.15, 0.2) is 11.5 Å². The minimum atomic E-state index is -1.09. The molecule has 0 unspecified atom stereocenters. The number of aromatic carboxylic acids is 1. The molecule has 1 aromatic carbocycles. The van der Waals surface area contributed by atoms with E-state index >= 15 is 0 Å². The molecule has 88 valence electrons. The van der Waals surface area contributed by atoms with Crippen LogP contribution in [0.1, 0.15) is 23.0 Å². The molecular formula is C12H10BrNO3. The van der Waals surface area contributed by atoms with Gasteiger partial charge in [-0.05, 0) is 30.2 Å². The van der Waals surface area contributed by atoms with Gasteiger partial charge in [0.1, 0.15) is 0 Å². The monoisotopic (exact) mass is 295 g/mol. The predicted octanol–water partition coefficient (Wildman–Crippen LogP) is 3.36. The van der Waals surface area contributed by atoms with Gasteiger partial charge in [0, 0.05) is 16.1 Å². The summed E-state index contributed by atoms with van der Waals surface area (Å²) in [5, 5.41) is 12.3. The number of aromatic nitrogens is 1. The zero-order chi connectivity index (χ0) is 12.4. The Morgan fingerprint density at radius 3 is 2.82 bits per heavy atom. The molecule has 2 rings (SSSR count). The van der Waals surface area contributed by atoms with Gasteiger partial charge in [0.25, 0.3) is 0 Å². The van der Waals surface area contributed by atoms with Crippen molar-refractivity contribution in [3.05, 3.63) is 40.0 Å². The van der Waals surface area contributed by atoms with Crippen LogP contribution in [-0.4, -0.2) is 16.2 Å². The van der Waals surface area contributed by atoms with Gasteiger partial charge >= 0.3 is 5.97 Å². The lowest BCUT2D eigenvalue weighted by atomic mass is 10.0. The van der Waals surface area contributed by atoms with Crippen LogP contribution in [0.2, 0.25) is 0 Å². The molecule has 2 aromatic rings. The fraction of sp³-hybridized carbons (Fsp3) is 0.167. The second-order valence-electron chi connectivity index (χ2n) is 3.54. The quantitative estimate of drug-likeness (QED) is 0.943. The van der Waals surface area contributed by atoms with E-state index in [-0.39, 0.29) is 5.69 Å². The molecule has 17 heavy (non-hydrogen) atoms. The first kappa shape index (κ1) is 11.9. The molecular weight excluding hydrogens is 286 g/mol. The lowest BCUT2D eigenvalue weighted by molar-refractivity contribution is 0.0686. The van der Waals surface area contributed by atoms with Crippen molar-refractivity contribution in [3.63, 3.8) is 0 Å². The molecule has 0 aliphatic heterocycles. The van der Waals surface area contributed by atoms with Gasteiger partial charge in [-0.15, -0.1) is 0 Å². The maximum absolute atomic E-state index is 10.7. The van der Waals surface area contributed by atoms with Crippen LogP contribution in [0.25, 0.3) is 11.3 Å². The number of hydrogen-bond donors (Lipinski definition) is 1. The standard InChI is InChI=1S/C12H10BrNO3/c1-2-7-5-8(13)3-4-9(7)11-6-10(12(15)16)14-17-11/h3-6H,2H2,1H3,(H,15,16). The average molecular weight is 296 g/mol. The van der Waals surface area contributed by atoms with Gasteiger partial charge in [-0.2, -0.15) is 0 Å². The number of hydrogen-bond acceptors (Lipinski definition) is 3. The van der Waals surface area contributed by atoms with Gasteiger partial charge in [-0.3, -0.25) is 0 Å². The second-order valence-corrected chi connectivity index (χ2v) is 4.45. The van der Waals surface area contributed by atoms with Crippen LogP contribution in [0.15, 0.2) is 33.3 Å². The van der Waals surface area contributed by atoms with E-state index in [9.17, 15) is 4.79 Å². The topological polar surface area (TPSA) is 63.3 Å². The summed E-state index contributed by atoms with van der Waals surface area (Å²) in [7, 11) is 0. The van der Waals surface area contributed by atoms with Crippen LogP contribution in [0.3, 0.4) is 0 Å². The molecule has 0 spiro atoms. The summed E-state index contributed by atoms with van der Waals surface area (Å²) >= 11 is 3.40. The highest BCUT2D eigenvalue weighted by Crippen LogP contribution is 2.27. The third-order valence-electron chi connectivity index (χ3n) is 2.44. The predicted molar refractivity (Wildman–Crippen MR) is 66.0 cm³/mol. The molecule has 0 saturated carbocycles. The highest BCUT2D eigenvalue weighted by Gasteiger charge is 2.14. The van der Waals surface area contributed by atoms with Crippen molar-refractivity contribution in [1.29, 1.82) is 0 Å². The maximum atomic E-state index is 10.7. The van der Waals surface area contributed by atoms with Gasteiger partial charge in [-0.1, -0.05) is 28.0 Å². The first-order valence-corrected chi connectivity index (χ1v) is 5.90. The van der Waals surface area contributed by atoms with E-state index in [2.05, 4.69) is 21.1 Å². The Kier molecular flexibility index (Phi) is 3.28. The van der Waals surface area contributed by atoms with Crippen LogP contribution in [0.5, 0.6) is 0 Å². The molecule has 1 heterocycles. The molecule has 0 radical (unpaired) electrons. The minimum absolute atomic E-state index is 0.0787. The number of carboxylic acid groups (broad SMARTS) is 1. The molecule has 0 bridgehead atoms. The van der Waals surface area contributed by atoms with E-state index in [1.165, 1.54) is 6.07 Å². The first-order valence-electron chi connectivity index (χ1n) is 5.10. The summed E-state index contributed by atoms with van der Waals surface area (Å²) in [6.45, 7) is 2.03. The molecule has 0 fully saturated rings. The highest BCUT2D eigenvalue weighted by molar-refractivity contribution is 9.10. The van der Waals surface area contributed by atoms with Crippen LogP contribution in [-0.2, 0) is 6.42 Å². The molecule has 4 nitrogen and oxygen atoms in total. The van der Waals surface area contributed by atoms with E-state index in [0.29, 0.717) is 5.76 Å². The Balaban J connectivity index is 2.48. The first-order chi connectivity index (χ1) is 8.11. The van der Waals surface area contributed by atoms with Crippen molar-refractivity contribution in [2.75, 3.05) is 0 Å². The van der Waals surface area contributed by atoms with Crippen LogP contribution >= 0.6 is 15.9 Å². The van der Waals surface area contributed by atoms with Crippen LogP contribution in [0.4, 0.5) is 0 Å². The van der Waals surface area contributed by atoms with Crippen molar-refractivity contribution in [3.8, 4) is 11.3 Å². The van der Waals surface area contributed by atoms with E-state index < -0.39 is 5.97 Å². The smallest absolute Gasteiger partial charge is 0.358 e. The van der Waals surface area contributed by atoms with Crippen LogP contribution < -0.4 is 0 Å². The van der Waals surface area contributed by atoms with Crippen LogP contribution in [0, 0.1) is 0 Å². The van der Waals surface area contributed by atoms with E-state index in [0.717, 1.165) is 22.0 Å². The number of nitrogens with zero attached hydrogens (tertiary/aromatic N) is 1. The molecule has 1 N–H and O–H groups in total. The third-order valence-corrected chi connectivity index (χ3v) is 2.94. The number of benzene rings is 1. The Bertz CT molecular complexity index is 563. The summed E-state index contributed by atoms with van der Waals surface area (Å²) in [5.41, 5.74) is 1.87. The summed E-state index contributed by atoms with van der Waals surface area (Å²) < 4.78 is 6.03. The molecule has 0 atom stereocenters. The average Bonchev–Trinajstić information content (AvgIpc) is 2.78. The molecule has 0 amide bonds. The van der Waals surface area contributed by atoms with Crippen molar-refractivity contribution in [2.45, 2.75) is 13.3 Å². The Labute approximate surface area is 106 Å². The molecule has 0 saturated heterocycles. The fourth-order valence-electron chi connectivity index (χ4n) is 1.60. The number of halogens is 1. The Morgan fingerprint density at radius 1 is 1.47 bits per heavy atom. The largest absolute Gasteiger partial charge is 0.476 e. The summed E-state index contributed by atoms with van der Waals surface area (Å²) in [5.74, 6) is -0.609. The lowest BCUT2D eigenvalue weighted by Gasteiger charge is -2.04. The summed E-state index contributed by atoms with van der Waals surface area (Å²) in [6.07, 6.45) is 0.831. The highest BCUT2D eigenvalue weighted by atomic mass is 79.9. The van der Waals surface area contributed by atoms with Gasteiger partial charge in [-0.25, -0.2) is 4.79 Å². The van der Waals surface area contributed by atoms with Crippen molar-refractivity contribution >= 4 is 21.9 Å². The molecule has 0 aliphatic carbocycles. The van der Waals surface area contributed by atoms with E-state index in [1.54, 1.807) is 0 Å². The van der Waals surface area contributed by atoms with Crippen molar-refractivity contribution < 1.29 is 14.4 Å². The van der Waals surface area contributed by atoms with Gasteiger partial charge in [0.05, 0.1) is 0 Å². The summed E-state index contributed by atoms with van der Waals surface area (Å²) in [6, 6.07) is 7.19. The lowest BCUT2D eigenvalue weighted by Crippen LogP contribution is -1.94. The van der Waals surface area contributed by atoms with E-state index in [1.807, 2.05) is 25.1 Å². The Hall–Kier alpha value is -1.62. The number of carbonyl (C=O) groups is 1. The summed E-state index contributed by atoms with van der Waals surface area (Å²) in [4.78, 5) is 10.7. The fourth-order valence-corrected chi connectivity index (χ4v) is 2.01. The maximum Gasteiger partial charge on any atom is 0.358 e.